The van der Waals surface area contributed by atoms with Gasteiger partial charge in [-0.05, 0) is 42.1 Å². The first-order valence-electron chi connectivity index (χ1n) is 8.44. The maximum atomic E-state index is 12.6. The summed E-state index contributed by atoms with van der Waals surface area (Å²) in [6.07, 6.45) is 0.862. The highest BCUT2D eigenvalue weighted by molar-refractivity contribution is 7.16. The molecule has 0 spiro atoms. The van der Waals surface area contributed by atoms with Gasteiger partial charge in [-0.3, -0.25) is 4.79 Å². The minimum atomic E-state index is -0.163. The van der Waals surface area contributed by atoms with Gasteiger partial charge in [0.1, 0.15) is 11.1 Å². The summed E-state index contributed by atoms with van der Waals surface area (Å²) in [6.45, 7) is 8.22. The van der Waals surface area contributed by atoms with Crippen molar-refractivity contribution in [1.29, 1.82) is 5.26 Å². The Morgan fingerprint density at radius 3 is 2.56 bits per heavy atom. The number of nitriles is 1. The molecule has 1 amide bonds. The molecule has 0 aliphatic carbocycles. The van der Waals surface area contributed by atoms with Crippen LogP contribution in [0.15, 0.2) is 24.3 Å². The van der Waals surface area contributed by atoms with Crippen molar-refractivity contribution in [2.24, 2.45) is 0 Å². The Morgan fingerprint density at radius 1 is 1.28 bits per heavy atom. The molecule has 1 N–H and O–H groups in total. The lowest BCUT2D eigenvalue weighted by Gasteiger charge is -2.21. The molecule has 1 aromatic heterocycles. The van der Waals surface area contributed by atoms with Crippen molar-refractivity contribution in [3.8, 4) is 6.07 Å². The monoisotopic (exact) mass is 353 g/mol. The lowest BCUT2D eigenvalue weighted by molar-refractivity contribution is 0.102. The van der Waals surface area contributed by atoms with Gasteiger partial charge >= 0.3 is 0 Å². The molecular weight excluding hydrogens is 330 g/mol. The lowest BCUT2D eigenvalue weighted by Crippen LogP contribution is -2.25. The number of amides is 1. The van der Waals surface area contributed by atoms with E-state index in [1.807, 2.05) is 24.3 Å². The molecule has 2 heterocycles. The van der Waals surface area contributed by atoms with Gasteiger partial charge in [-0.15, -0.1) is 11.3 Å². The van der Waals surface area contributed by atoms with E-state index in [1.165, 1.54) is 21.8 Å². The number of nitrogens with one attached hydrogen (secondary N) is 1. The zero-order valence-corrected chi connectivity index (χ0v) is 16.0. The minimum absolute atomic E-state index is 0.0574. The third-order valence-electron chi connectivity index (χ3n) is 4.60. The van der Waals surface area contributed by atoms with Crippen molar-refractivity contribution < 1.29 is 4.79 Å². The Kier molecular flexibility index (Phi) is 4.68. The van der Waals surface area contributed by atoms with Crippen molar-refractivity contribution in [2.75, 3.05) is 18.9 Å². The van der Waals surface area contributed by atoms with E-state index in [2.05, 4.69) is 44.1 Å². The van der Waals surface area contributed by atoms with Gasteiger partial charge in [0.05, 0.1) is 5.56 Å². The van der Waals surface area contributed by atoms with E-state index < -0.39 is 0 Å². The predicted octanol–water partition coefficient (Wildman–Crippen LogP) is 4.16. The van der Waals surface area contributed by atoms with Crippen LogP contribution in [0.1, 0.15) is 52.7 Å². The molecule has 0 saturated heterocycles. The summed E-state index contributed by atoms with van der Waals surface area (Å²) in [5, 5.41) is 13.2. The fourth-order valence-electron chi connectivity index (χ4n) is 3.03. The van der Waals surface area contributed by atoms with Crippen LogP contribution in [0.4, 0.5) is 5.00 Å². The number of likely N-dealkylation sites (N-methyl/N-ethyl adjacent to an activating group) is 1. The van der Waals surface area contributed by atoms with Crippen LogP contribution in [0.2, 0.25) is 0 Å². The molecule has 3 rings (SSSR count). The van der Waals surface area contributed by atoms with Crippen molar-refractivity contribution >= 4 is 22.2 Å². The Hall–Kier alpha value is -2.16. The van der Waals surface area contributed by atoms with Crippen LogP contribution in [0.3, 0.4) is 0 Å². The van der Waals surface area contributed by atoms with E-state index in [0.29, 0.717) is 16.1 Å². The summed E-state index contributed by atoms with van der Waals surface area (Å²) in [7, 11) is 2.07. The number of hydrogen-bond acceptors (Lipinski definition) is 4. The van der Waals surface area contributed by atoms with Crippen LogP contribution in [0, 0.1) is 11.3 Å². The SMILES string of the molecule is CN1CCc2c(sc(NC(=O)c3ccc(C(C)(C)C)cc3)c2C#N)C1. The van der Waals surface area contributed by atoms with E-state index in [-0.39, 0.29) is 11.3 Å². The minimum Gasteiger partial charge on any atom is -0.312 e. The second kappa shape index (κ2) is 6.62. The molecule has 25 heavy (non-hydrogen) atoms. The van der Waals surface area contributed by atoms with Gasteiger partial charge < -0.3 is 10.2 Å². The molecule has 1 aliphatic heterocycles. The number of rotatable bonds is 2. The van der Waals surface area contributed by atoms with Crippen LogP contribution >= 0.6 is 11.3 Å². The van der Waals surface area contributed by atoms with Gasteiger partial charge in [-0.25, -0.2) is 0 Å². The average Bonchev–Trinajstić information content (AvgIpc) is 2.90. The maximum absolute atomic E-state index is 12.6. The fraction of sp³-hybridized carbons (Fsp3) is 0.400. The summed E-state index contributed by atoms with van der Waals surface area (Å²) in [5.41, 5.74) is 3.59. The maximum Gasteiger partial charge on any atom is 0.256 e. The van der Waals surface area contributed by atoms with E-state index in [1.54, 1.807) is 0 Å². The van der Waals surface area contributed by atoms with Crippen molar-refractivity contribution in [2.45, 2.75) is 39.2 Å². The van der Waals surface area contributed by atoms with Gasteiger partial charge in [-0.2, -0.15) is 5.26 Å². The van der Waals surface area contributed by atoms with Crippen LogP contribution in [-0.2, 0) is 18.4 Å². The van der Waals surface area contributed by atoms with E-state index in [9.17, 15) is 10.1 Å². The first kappa shape index (κ1) is 17.7. The molecule has 0 unspecified atom stereocenters. The molecular formula is C20H23N3OS. The fourth-order valence-corrected chi connectivity index (χ4v) is 4.31. The van der Waals surface area contributed by atoms with Crippen LogP contribution < -0.4 is 5.32 Å². The number of thiophene rings is 1. The summed E-state index contributed by atoms with van der Waals surface area (Å²) in [5.74, 6) is -0.163. The summed E-state index contributed by atoms with van der Waals surface area (Å²) >= 11 is 1.52. The first-order chi connectivity index (χ1) is 11.8. The zero-order chi connectivity index (χ0) is 18.2. The molecule has 1 aliphatic rings. The summed E-state index contributed by atoms with van der Waals surface area (Å²) in [6, 6.07) is 9.97. The highest BCUT2D eigenvalue weighted by Gasteiger charge is 2.24. The molecule has 0 bridgehead atoms. The number of benzene rings is 1. The molecule has 5 heteroatoms. The Morgan fingerprint density at radius 2 is 1.96 bits per heavy atom. The first-order valence-corrected chi connectivity index (χ1v) is 9.26. The largest absolute Gasteiger partial charge is 0.312 e. The molecule has 0 saturated carbocycles. The molecule has 4 nitrogen and oxygen atoms in total. The number of fused-ring (bicyclic) bond motifs is 1. The Labute approximate surface area is 153 Å². The highest BCUT2D eigenvalue weighted by atomic mass is 32.1. The van der Waals surface area contributed by atoms with Crippen molar-refractivity contribution in [3.63, 3.8) is 0 Å². The van der Waals surface area contributed by atoms with Crippen LogP contribution in [0.25, 0.3) is 0 Å². The Bertz CT molecular complexity index is 838. The van der Waals surface area contributed by atoms with Crippen LogP contribution in [0.5, 0.6) is 0 Å². The van der Waals surface area contributed by atoms with E-state index >= 15 is 0 Å². The Balaban J connectivity index is 1.83. The zero-order valence-electron chi connectivity index (χ0n) is 15.1. The van der Waals surface area contributed by atoms with Crippen molar-refractivity contribution in [1.82, 2.24) is 4.90 Å². The topological polar surface area (TPSA) is 56.1 Å². The van der Waals surface area contributed by atoms with Crippen LogP contribution in [-0.4, -0.2) is 24.4 Å². The normalized spacial score (nSPS) is 14.7. The van der Waals surface area contributed by atoms with Gasteiger partial charge in [0, 0.05) is 23.5 Å². The molecule has 2 aromatic rings. The molecule has 0 fully saturated rings. The van der Waals surface area contributed by atoms with Gasteiger partial charge in [0.25, 0.3) is 5.91 Å². The average molecular weight is 353 g/mol. The van der Waals surface area contributed by atoms with Crippen molar-refractivity contribution in [3.05, 3.63) is 51.4 Å². The number of nitrogens with zero attached hydrogens (tertiary/aromatic N) is 2. The van der Waals surface area contributed by atoms with Gasteiger partial charge in [0.15, 0.2) is 0 Å². The van der Waals surface area contributed by atoms with Gasteiger partial charge in [-0.1, -0.05) is 32.9 Å². The lowest BCUT2D eigenvalue weighted by atomic mass is 9.87. The molecule has 130 valence electrons. The number of carbonyl (C=O) groups is 1. The highest BCUT2D eigenvalue weighted by Crippen LogP contribution is 2.36. The molecule has 1 aromatic carbocycles. The number of anilines is 1. The summed E-state index contributed by atoms with van der Waals surface area (Å²) in [4.78, 5) is 16.0. The van der Waals surface area contributed by atoms with E-state index in [0.717, 1.165) is 25.1 Å². The molecule has 0 radical (unpaired) electrons. The van der Waals surface area contributed by atoms with Gasteiger partial charge in [0.2, 0.25) is 0 Å². The predicted molar refractivity (Wildman–Crippen MR) is 102 cm³/mol. The third kappa shape index (κ3) is 3.60. The standard InChI is InChI=1S/C20H23N3OS/c1-20(2,3)14-7-5-13(6-8-14)18(24)22-19-16(11-21)15-9-10-23(4)12-17(15)25-19/h5-8H,9-10,12H2,1-4H3,(H,22,24). The summed E-state index contributed by atoms with van der Waals surface area (Å²) < 4.78 is 0. The second-order valence-electron chi connectivity index (χ2n) is 7.59. The molecule has 0 atom stereocenters. The van der Waals surface area contributed by atoms with E-state index in [4.69, 9.17) is 0 Å². The quantitative estimate of drug-likeness (QED) is 0.882. The second-order valence-corrected chi connectivity index (χ2v) is 8.69. The number of carbonyl (C=O) groups excluding carboxylic acids is 1. The third-order valence-corrected chi connectivity index (χ3v) is 5.73. The smallest absolute Gasteiger partial charge is 0.256 e. The number of hydrogen-bond donors (Lipinski definition) is 1.